The van der Waals surface area contributed by atoms with Crippen molar-refractivity contribution in [2.45, 2.75) is 31.7 Å². The van der Waals surface area contributed by atoms with Crippen molar-refractivity contribution in [3.8, 4) is 11.1 Å². The average molecular weight is 319 g/mol. The minimum Gasteiger partial charge on any atom is -0.361 e. The van der Waals surface area contributed by atoms with Crippen molar-refractivity contribution >= 4 is 16.8 Å². The molecule has 3 aromatic rings. The zero-order valence-electron chi connectivity index (χ0n) is 13.8. The Kier molecular flexibility index (Phi) is 3.81. The summed E-state index contributed by atoms with van der Waals surface area (Å²) in [5.74, 6) is 0.0227. The lowest BCUT2D eigenvalue weighted by Crippen LogP contribution is -2.35. The molecule has 1 amide bonds. The Morgan fingerprint density at radius 2 is 1.92 bits per heavy atom. The summed E-state index contributed by atoms with van der Waals surface area (Å²) in [5, 5.41) is 1.17. The van der Waals surface area contributed by atoms with Crippen molar-refractivity contribution in [3.63, 3.8) is 0 Å². The highest BCUT2D eigenvalue weighted by Gasteiger charge is 2.24. The van der Waals surface area contributed by atoms with Crippen LogP contribution in [0.5, 0.6) is 0 Å². The monoisotopic (exact) mass is 319 g/mol. The minimum atomic E-state index is 0.0227. The molecule has 1 aliphatic carbocycles. The molecule has 4 heteroatoms. The normalized spacial score (nSPS) is 15.0. The molecule has 4 rings (SSSR count). The van der Waals surface area contributed by atoms with Crippen molar-refractivity contribution in [1.29, 1.82) is 0 Å². The van der Waals surface area contributed by atoms with E-state index < -0.39 is 0 Å². The predicted molar refractivity (Wildman–Crippen MR) is 95.9 cm³/mol. The third kappa shape index (κ3) is 2.68. The number of nitrogens with one attached hydrogen (secondary N) is 1. The number of aromatic nitrogens is 2. The van der Waals surface area contributed by atoms with E-state index in [9.17, 15) is 4.79 Å². The second kappa shape index (κ2) is 6.11. The lowest BCUT2D eigenvalue weighted by Gasteiger charge is -2.23. The lowest BCUT2D eigenvalue weighted by molar-refractivity contribution is 0.0729. The maximum absolute atomic E-state index is 12.6. The molecule has 4 nitrogen and oxygen atoms in total. The van der Waals surface area contributed by atoms with E-state index in [1.807, 2.05) is 30.3 Å². The molecule has 1 saturated carbocycles. The van der Waals surface area contributed by atoms with E-state index in [2.05, 4.69) is 34.2 Å². The Balaban J connectivity index is 1.56. The third-order valence-corrected chi connectivity index (χ3v) is 5.06. The molecule has 1 aromatic carbocycles. The van der Waals surface area contributed by atoms with Crippen molar-refractivity contribution in [2.24, 2.45) is 0 Å². The van der Waals surface area contributed by atoms with Gasteiger partial charge in [0.05, 0.1) is 0 Å². The summed E-state index contributed by atoms with van der Waals surface area (Å²) >= 11 is 0. The third-order valence-electron chi connectivity index (χ3n) is 5.06. The van der Waals surface area contributed by atoms with E-state index in [-0.39, 0.29) is 5.91 Å². The van der Waals surface area contributed by atoms with Crippen molar-refractivity contribution in [3.05, 3.63) is 54.5 Å². The first kappa shape index (κ1) is 14.9. The van der Waals surface area contributed by atoms with Crippen molar-refractivity contribution in [2.75, 3.05) is 7.05 Å². The van der Waals surface area contributed by atoms with Crippen LogP contribution in [0.4, 0.5) is 0 Å². The summed E-state index contributed by atoms with van der Waals surface area (Å²) in [5.41, 5.74) is 3.78. The van der Waals surface area contributed by atoms with Crippen LogP contribution in [0.2, 0.25) is 0 Å². The van der Waals surface area contributed by atoms with Crippen LogP contribution in [0.1, 0.15) is 36.2 Å². The first-order valence-corrected chi connectivity index (χ1v) is 8.53. The molecule has 122 valence electrons. The van der Waals surface area contributed by atoms with Crippen molar-refractivity contribution < 1.29 is 4.79 Å². The number of fused-ring (bicyclic) bond motifs is 1. The van der Waals surface area contributed by atoms with E-state index in [0.717, 1.165) is 29.5 Å². The van der Waals surface area contributed by atoms with Crippen LogP contribution < -0.4 is 0 Å². The van der Waals surface area contributed by atoms with Crippen LogP contribution in [-0.4, -0.2) is 33.9 Å². The second-order valence-corrected chi connectivity index (χ2v) is 6.57. The molecular formula is C20H21N3O. The Labute approximate surface area is 141 Å². The maximum atomic E-state index is 12.6. The van der Waals surface area contributed by atoms with Gasteiger partial charge in [0.25, 0.3) is 5.91 Å². The molecule has 24 heavy (non-hydrogen) atoms. The number of H-pyrrole nitrogens is 1. The molecule has 2 heterocycles. The number of benzene rings is 1. The van der Waals surface area contributed by atoms with Gasteiger partial charge in [-0.1, -0.05) is 25.0 Å². The van der Waals surface area contributed by atoms with E-state index in [0.29, 0.717) is 11.7 Å². The molecule has 0 radical (unpaired) electrons. The van der Waals surface area contributed by atoms with Crippen LogP contribution in [-0.2, 0) is 0 Å². The summed E-state index contributed by atoms with van der Waals surface area (Å²) in [6, 6.07) is 12.5. The number of pyridine rings is 1. The van der Waals surface area contributed by atoms with Gasteiger partial charge in [-0.05, 0) is 48.1 Å². The van der Waals surface area contributed by atoms with Gasteiger partial charge >= 0.3 is 0 Å². The molecule has 0 aliphatic heterocycles. The Hall–Kier alpha value is -2.62. The largest absolute Gasteiger partial charge is 0.361 e. The summed E-state index contributed by atoms with van der Waals surface area (Å²) in [6.45, 7) is 0. The first-order valence-electron chi connectivity index (χ1n) is 8.53. The first-order chi connectivity index (χ1) is 11.7. The topological polar surface area (TPSA) is 49.0 Å². The molecule has 0 spiro atoms. The number of carbonyl (C=O) groups is 1. The quantitative estimate of drug-likeness (QED) is 0.785. The van der Waals surface area contributed by atoms with Gasteiger partial charge in [0.1, 0.15) is 5.69 Å². The lowest BCUT2D eigenvalue weighted by atomic mass is 10.1. The molecular weight excluding hydrogens is 298 g/mol. The van der Waals surface area contributed by atoms with Crippen molar-refractivity contribution in [1.82, 2.24) is 14.9 Å². The molecule has 0 bridgehead atoms. The number of aromatic amines is 1. The smallest absolute Gasteiger partial charge is 0.272 e. The molecule has 1 fully saturated rings. The number of carbonyl (C=O) groups excluding carboxylic acids is 1. The van der Waals surface area contributed by atoms with E-state index in [1.165, 1.54) is 18.2 Å². The van der Waals surface area contributed by atoms with E-state index in [1.54, 1.807) is 6.20 Å². The van der Waals surface area contributed by atoms with Gasteiger partial charge in [0, 0.05) is 36.6 Å². The molecule has 1 N–H and O–H groups in total. The van der Waals surface area contributed by atoms with Crippen LogP contribution in [0, 0.1) is 0 Å². The Bertz CT molecular complexity index is 860. The number of hydrogen-bond acceptors (Lipinski definition) is 2. The summed E-state index contributed by atoms with van der Waals surface area (Å²) in [6.07, 6.45) is 8.39. The minimum absolute atomic E-state index is 0.0227. The fourth-order valence-electron chi connectivity index (χ4n) is 3.56. The second-order valence-electron chi connectivity index (χ2n) is 6.57. The Morgan fingerprint density at radius 1 is 1.12 bits per heavy atom. The number of nitrogens with zero attached hydrogens (tertiary/aromatic N) is 2. The standard InChI is InChI=1S/C20H21N3O/c1-23(17-4-2-3-5-17)20(24)19-9-7-16(13-22-19)14-6-8-18-15(12-14)10-11-21-18/h6-13,17,21H,2-5H2,1H3. The number of hydrogen-bond donors (Lipinski definition) is 1. The van der Waals surface area contributed by atoms with Gasteiger partial charge in [0.2, 0.25) is 0 Å². The highest BCUT2D eigenvalue weighted by molar-refractivity contribution is 5.93. The molecule has 0 atom stereocenters. The van der Waals surface area contributed by atoms with Crippen LogP contribution in [0.25, 0.3) is 22.0 Å². The fraction of sp³-hybridized carbons (Fsp3) is 0.300. The van der Waals surface area contributed by atoms with Gasteiger partial charge in [-0.25, -0.2) is 0 Å². The predicted octanol–water partition coefficient (Wildman–Crippen LogP) is 4.24. The van der Waals surface area contributed by atoms with E-state index in [4.69, 9.17) is 0 Å². The number of amides is 1. The van der Waals surface area contributed by atoms with Gasteiger partial charge in [0.15, 0.2) is 0 Å². The van der Waals surface area contributed by atoms with Gasteiger partial charge in [-0.2, -0.15) is 0 Å². The van der Waals surface area contributed by atoms with Crippen LogP contribution in [0.15, 0.2) is 48.8 Å². The molecule has 1 aliphatic rings. The summed E-state index contributed by atoms with van der Waals surface area (Å²) in [4.78, 5) is 22.1. The molecule has 0 saturated heterocycles. The average Bonchev–Trinajstić information content (AvgIpc) is 3.31. The highest BCUT2D eigenvalue weighted by Crippen LogP contribution is 2.25. The molecule has 2 aromatic heterocycles. The van der Waals surface area contributed by atoms with Gasteiger partial charge in [-0.15, -0.1) is 0 Å². The van der Waals surface area contributed by atoms with Gasteiger partial charge < -0.3 is 9.88 Å². The highest BCUT2D eigenvalue weighted by atomic mass is 16.2. The maximum Gasteiger partial charge on any atom is 0.272 e. The zero-order valence-corrected chi connectivity index (χ0v) is 13.8. The molecule has 0 unspecified atom stereocenters. The van der Waals surface area contributed by atoms with Crippen LogP contribution >= 0.6 is 0 Å². The number of rotatable bonds is 3. The summed E-state index contributed by atoms with van der Waals surface area (Å²) < 4.78 is 0. The Morgan fingerprint density at radius 3 is 2.67 bits per heavy atom. The zero-order chi connectivity index (χ0) is 16.5. The van der Waals surface area contributed by atoms with E-state index >= 15 is 0 Å². The fourth-order valence-corrected chi connectivity index (χ4v) is 3.56. The van der Waals surface area contributed by atoms with Gasteiger partial charge in [-0.3, -0.25) is 9.78 Å². The summed E-state index contributed by atoms with van der Waals surface area (Å²) in [7, 11) is 1.90. The van der Waals surface area contributed by atoms with Crippen LogP contribution in [0.3, 0.4) is 0 Å². The SMILES string of the molecule is CN(C(=O)c1ccc(-c2ccc3[nH]ccc3c2)cn1)C1CCCC1.